The standard InChI is InChI=1S/C16H23N3O2.2ClH/c20-14-10-15(17-11-14)16(21)18-12-6-8-19(9-7-12)13-4-2-1-3-5-13;;/h1-5,12,14-15,17,20H,6-11H2,(H,18,21);2*1H. The summed E-state index contributed by atoms with van der Waals surface area (Å²) in [5.74, 6) is 0.0321. The van der Waals surface area contributed by atoms with Gasteiger partial charge in [-0.15, -0.1) is 24.8 Å². The minimum Gasteiger partial charge on any atom is -0.392 e. The number of carbonyl (C=O) groups is 1. The average molecular weight is 362 g/mol. The third kappa shape index (κ3) is 5.24. The van der Waals surface area contributed by atoms with Crippen LogP contribution < -0.4 is 15.5 Å². The summed E-state index contributed by atoms with van der Waals surface area (Å²) in [7, 11) is 0. The van der Waals surface area contributed by atoms with Gasteiger partial charge in [0.25, 0.3) is 0 Å². The van der Waals surface area contributed by atoms with E-state index in [4.69, 9.17) is 0 Å². The van der Waals surface area contributed by atoms with Gasteiger partial charge in [0.05, 0.1) is 12.1 Å². The summed E-state index contributed by atoms with van der Waals surface area (Å²) < 4.78 is 0. The topological polar surface area (TPSA) is 64.6 Å². The number of nitrogens with zero attached hydrogens (tertiary/aromatic N) is 1. The van der Waals surface area contributed by atoms with Crippen LogP contribution in [0.5, 0.6) is 0 Å². The highest BCUT2D eigenvalue weighted by molar-refractivity contribution is 5.85. The van der Waals surface area contributed by atoms with Gasteiger partial charge in [0.2, 0.25) is 5.91 Å². The van der Waals surface area contributed by atoms with Crippen LogP contribution in [0, 0.1) is 0 Å². The number of aliphatic hydroxyl groups excluding tert-OH is 1. The van der Waals surface area contributed by atoms with E-state index in [1.165, 1.54) is 5.69 Å². The maximum absolute atomic E-state index is 12.1. The zero-order chi connectivity index (χ0) is 14.7. The predicted octanol–water partition coefficient (Wildman–Crippen LogP) is 1.34. The van der Waals surface area contributed by atoms with Crippen molar-refractivity contribution < 1.29 is 9.90 Å². The largest absolute Gasteiger partial charge is 0.392 e. The Balaban J connectivity index is 0.00000132. The fourth-order valence-electron chi connectivity index (χ4n) is 3.14. The Bertz CT molecular complexity index is 481. The molecule has 1 aromatic carbocycles. The lowest BCUT2D eigenvalue weighted by molar-refractivity contribution is -0.123. The minimum atomic E-state index is -0.388. The van der Waals surface area contributed by atoms with E-state index in [0.717, 1.165) is 25.9 Å². The minimum absolute atomic E-state index is 0. The Hall–Kier alpha value is -1.01. The van der Waals surface area contributed by atoms with Crippen molar-refractivity contribution in [3.8, 4) is 0 Å². The number of piperidine rings is 1. The van der Waals surface area contributed by atoms with Gasteiger partial charge in [-0.2, -0.15) is 0 Å². The summed E-state index contributed by atoms with van der Waals surface area (Å²) in [5, 5.41) is 15.6. The number of benzene rings is 1. The van der Waals surface area contributed by atoms with Crippen LogP contribution in [-0.2, 0) is 4.79 Å². The van der Waals surface area contributed by atoms with Crippen LogP contribution in [-0.4, -0.2) is 48.8 Å². The van der Waals surface area contributed by atoms with Gasteiger partial charge in [-0.05, 0) is 31.4 Å². The number of amides is 1. The zero-order valence-electron chi connectivity index (χ0n) is 13.0. The number of para-hydroxylation sites is 1. The molecule has 2 unspecified atom stereocenters. The third-order valence-electron chi connectivity index (χ3n) is 4.39. The molecule has 23 heavy (non-hydrogen) atoms. The van der Waals surface area contributed by atoms with Gasteiger partial charge in [-0.3, -0.25) is 4.79 Å². The van der Waals surface area contributed by atoms with Crippen molar-refractivity contribution in [1.29, 1.82) is 0 Å². The Morgan fingerprint density at radius 3 is 2.39 bits per heavy atom. The molecule has 7 heteroatoms. The van der Waals surface area contributed by atoms with Crippen LogP contribution in [0.15, 0.2) is 30.3 Å². The molecule has 130 valence electrons. The lowest BCUT2D eigenvalue weighted by Gasteiger charge is -2.34. The first-order chi connectivity index (χ1) is 10.2. The second kappa shape index (κ2) is 9.33. The van der Waals surface area contributed by atoms with Crippen molar-refractivity contribution in [3.63, 3.8) is 0 Å². The Kier molecular flexibility index (Phi) is 8.12. The summed E-state index contributed by atoms with van der Waals surface area (Å²) in [6.45, 7) is 2.45. The monoisotopic (exact) mass is 361 g/mol. The molecule has 5 nitrogen and oxygen atoms in total. The van der Waals surface area contributed by atoms with Crippen molar-refractivity contribution in [1.82, 2.24) is 10.6 Å². The van der Waals surface area contributed by atoms with Crippen LogP contribution in [0.4, 0.5) is 5.69 Å². The molecule has 0 radical (unpaired) electrons. The molecule has 0 aliphatic carbocycles. The molecule has 2 heterocycles. The van der Waals surface area contributed by atoms with Gasteiger partial charge < -0.3 is 20.6 Å². The summed E-state index contributed by atoms with van der Waals surface area (Å²) in [6, 6.07) is 10.4. The van der Waals surface area contributed by atoms with Gasteiger partial charge in [-0.1, -0.05) is 18.2 Å². The fourth-order valence-corrected chi connectivity index (χ4v) is 3.14. The summed E-state index contributed by atoms with van der Waals surface area (Å²) in [4.78, 5) is 14.5. The molecule has 0 aromatic heterocycles. The molecule has 2 fully saturated rings. The Morgan fingerprint density at radius 1 is 1.17 bits per heavy atom. The molecule has 0 saturated carbocycles. The van der Waals surface area contributed by atoms with E-state index in [9.17, 15) is 9.90 Å². The van der Waals surface area contributed by atoms with E-state index in [0.29, 0.717) is 13.0 Å². The Labute approximate surface area is 149 Å². The van der Waals surface area contributed by atoms with E-state index in [2.05, 4.69) is 39.8 Å². The fraction of sp³-hybridized carbons (Fsp3) is 0.562. The Morgan fingerprint density at radius 2 is 1.83 bits per heavy atom. The number of hydrogen-bond acceptors (Lipinski definition) is 4. The first-order valence-corrected chi connectivity index (χ1v) is 7.74. The summed E-state index contributed by atoms with van der Waals surface area (Å²) in [6.07, 6.45) is 2.07. The smallest absolute Gasteiger partial charge is 0.237 e. The normalized spacial score (nSPS) is 24.5. The lowest BCUT2D eigenvalue weighted by atomic mass is 10.0. The molecule has 0 bridgehead atoms. The molecule has 0 spiro atoms. The van der Waals surface area contributed by atoms with E-state index < -0.39 is 0 Å². The molecular weight excluding hydrogens is 337 g/mol. The second-order valence-corrected chi connectivity index (χ2v) is 5.96. The van der Waals surface area contributed by atoms with Gasteiger partial charge >= 0.3 is 0 Å². The number of nitrogens with one attached hydrogen (secondary N) is 2. The highest BCUT2D eigenvalue weighted by Crippen LogP contribution is 2.19. The van der Waals surface area contributed by atoms with Crippen molar-refractivity contribution in [2.45, 2.75) is 37.5 Å². The molecule has 2 saturated heterocycles. The SMILES string of the molecule is Cl.Cl.O=C(NC1CCN(c2ccccc2)CC1)C1CC(O)CN1. The summed E-state index contributed by atoms with van der Waals surface area (Å²) >= 11 is 0. The van der Waals surface area contributed by atoms with Gasteiger partial charge in [0.15, 0.2) is 0 Å². The quantitative estimate of drug-likeness (QED) is 0.759. The lowest BCUT2D eigenvalue weighted by Crippen LogP contribution is -2.49. The number of rotatable bonds is 3. The first kappa shape index (κ1) is 20.0. The molecule has 1 amide bonds. The van der Waals surface area contributed by atoms with Gasteiger partial charge in [0.1, 0.15) is 0 Å². The van der Waals surface area contributed by atoms with Crippen LogP contribution in [0.25, 0.3) is 0 Å². The van der Waals surface area contributed by atoms with Crippen molar-refractivity contribution in [2.24, 2.45) is 0 Å². The highest BCUT2D eigenvalue weighted by Gasteiger charge is 2.30. The summed E-state index contributed by atoms with van der Waals surface area (Å²) in [5.41, 5.74) is 1.25. The van der Waals surface area contributed by atoms with Crippen LogP contribution in [0.1, 0.15) is 19.3 Å². The van der Waals surface area contributed by atoms with Crippen LogP contribution in [0.2, 0.25) is 0 Å². The molecule has 1 aromatic rings. The van der Waals surface area contributed by atoms with Crippen molar-refractivity contribution in [3.05, 3.63) is 30.3 Å². The van der Waals surface area contributed by atoms with Crippen molar-refractivity contribution in [2.75, 3.05) is 24.5 Å². The number of hydrogen-bond donors (Lipinski definition) is 3. The predicted molar refractivity (Wildman–Crippen MR) is 96.7 cm³/mol. The third-order valence-corrected chi connectivity index (χ3v) is 4.39. The van der Waals surface area contributed by atoms with E-state index in [1.807, 2.05) is 6.07 Å². The van der Waals surface area contributed by atoms with Crippen LogP contribution >= 0.6 is 24.8 Å². The zero-order valence-corrected chi connectivity index (χ0v) is 14.6. The number of aliphatic hydroxyl groups is 1. The highest BCUT2D eigenvalue weighted by atomic mass is 35.5. The van der Waals surface area contributed by atoms with E-state index in [1.54, 1.807) is 0 Å². The second-order valence-electron chi connectivity index (χ2n) is 5.96. The van der Waals surface area contributed by atoms with E-state index >= 15 is 0 Å². The molecule has 2 atom stereocenters. The van der Waals surface area contributed by atoms with Crippen LogP contribution in [0.3, 0.4) is 0 Å². The maximum Gasteiger partial charge on any atom is 0.237 e. The van der Waals surface area contributed by atoms with Crippen molar-refractivity contribution >= 4 is 36.4 Å². The molecule has 2 aliphatic rings. The number of carbonyl (C=O) groups excluding carboxylic acids is 1. The van der Waals surface area contributed by atoms with Gasteiger partial charge in [0, 0.05) is 31.4 Å². The number of anilines is 1. The van der Waals surface area contributed by atoms with E-state index in [-0.39, 0.29) is 48.9 Å². The molecular formula is C16H25Cl2N3O2. The molecule has 3 N–H and O–H groups in total. The first-order valence-electron chi connectivity index (χ1n) is 7.74. The number of β-amino-alcohol motifs (C(OH)–C–C–N with tert-alkyl or cyclic N) is 1. The maximum atomic E-state index is 12.1. The average Bonchev–Trinajstić information content (AvgIpc) is 2.96. The number of halogens is 2. The van der Waals surface area contributed by atoms with Gasteiger partial charge in [-0.25, -0.2) is 0 Å². The molecule has 3 rings (SSSR count). The molecule has 2 aliphatic heterocycles.